The number of urea groups is 1. The van der Waals surface area contributed by atoms with Gasteiger partial charge < -0.3 is 5.73 Å². The van der Waals surface area contributed by atoms with E-state index in [1.807, 2.05) is 12.2 Å². The standard InChI is InChI=1S/C12H15Cl2N3O2/c1-6(9-4-3-8(13)5-10(9)14)16-7(2)11(18)17-12(15)19/h3-7,16H,1-2H3,(H3,15,17,18,19)/t6-,7-/m0/s1. The van der Waals surface area contributed by atoms with E-state index in [1.54, 1.807) is 25.1 Å². The molecule has 0 fully saturated rings. The first-order valence-corrected chi connectivity index (χ1v) is 6.38. The Morgan fingerprint density at radius 3 is 2.42 bits per heavy atom. The topological polar surface area (TPSA) is 84.2 Å². The van der Waals surface area contributed by atoms with Gasteiger partial charge in [0.15, 0.2) is 0 Å². The first-order chi connectivity index (χ1) is 8.81. The Hall–Kier alpha value is -1.30. The van der Waals surface area contributed by atoms with Crippen LogP contribution in [0.3, 0.4) is 0 Å². The number of imide groups is 1. The Morgan fingerprint density at radius 2 is 1.89 bits per heavy atom. The van der Waals surface area contributed by atoms with Gasteiger partial charge in [0.2, 0.25) is 5.91 Å². The number of amides is 3. The monoisotopic (exact) mass is 303 g/mol. The second-order valence-electron chi connectivity index (χ2n) is 4.13. The van der Waals surface area contributed by atoms with E-state index in [1.165, 1.54) is 0 Å². The van der Waals surface area contributed by atoms with E-state index in [2.05, 4.69) is 5.32 Å². The first kappa shape index (κ1) is 15.8. The summed E-state index contributed by atoms with van der Waals surface area (Å²) in [5.41, 5.74) is 5.69. The van der Waals surface area contributed by atoms with E-state index < -0.39 is 18.0 Å². The van der Waals surface area contributed by atoms with Crippen LogP contribution < -0.4 is 16.4 Å². The highest BCUT2D eigenvalue weighted by atomic mass is 35.5. The molecule has 0 aliphatic carbocycles. The smallest absolute Gasteiger partial charge is 0.318 e. The zero-order chi connectivity index (χ0) is 14.6. The lowest BCUT2D eigenvalue weighted by molar-refractivity contribution is -0.121. The molecule has 0 unspecified atom stereocenters. The van der Waals surface area contributed by atoms with E-state index in [0.717, 1.165) is 5.56 Å². The molecule has 2 atom stereocenters. The third kappa shape index (κ3) is 4.70. The minimum atomic E-state index is -0.879. The zero-order valence-corrected chi connectivity index (χ0v) is 12.0. The number of primary amides is 1. The maximum absolute atomic E-state index is 11.5. The fourth-order valence-electron chi connectivity index (χ4n) is 1.62. The summed E-state index contributed by atoms with van der Waals surface area (Å²) in [4.78, 5) is 22.1. The molecule has 0 aromatic heterocycles. The third-order valence-electron chi connectivity index (χ3n) is 2.57. The van der Waals surface area contributed by atoms with Crippen molar-refractivity contribution >= 4 is 35.1 Å². The summed E-state index contributed by atoms with van der Waals surface area (Å²) in [5, 5.41) is 6.07. The number of carbonyl (C=O) groups excluding carboxylic acids is 2. The van der Waals surface area contributed by atoms with Gasteiger partial charge in [0, 0.05) is 16.1 Å². The predicted molar refractivity (Wildman–Crippen MR) is 75.2 cm³/mol. The number of nitrogens with two attached hydrogens (primary N) is 1. The molecule has 0 radical (unpaired) electrons. The second kappa shape index (κ2) is 6.75. The molecule has 0 saturated carbocycles. The Morgan fingerprint density at radius 1 is 1.26 bits per heavy atom. The average molecular weight is 304 g/mol. The molecular formula is C12H15Cl2N3O2. The van der Waals surface area contributed by atoms with Crippen LogP contribution >= 0.6 is 23.2 Å². The van der Waals surface area contributed by atoms with Crippen molar-refractivity contribution in [3.05, 3.63) is 33.8 Å². The molecule has 1 aromatic carbocycles. The molecule has 1 rings (SSSR count). The van der Waals surface area contributed by atoms with Gasteiger partial charge in [0.05, 0.1) is 6.04 Å². The number of rotatable bonds is 4. The predicted octanol–water partition coefficient (Wildman–Crippen LogP) is 2.23. The van der Waals surface area contributed by atoms with Gasteiger partial charge in [-0.05, 0) is 31.5 Å². The molecular weight excluding hydrogens is 289 g/mol. The van der Waals surface area contributed by atoms with Gasteiger partial charge in [0.1, 0.15) is 0 Å². The van der Waals surface area contributed by atoms with E-state index in [4.69, 9.17) is 28.9 Å². The maximum atomic E-state index is 11.5. The summed E-state index contributed by atoms with van der Waals surface area (Å²) < 4.78 is 0. The summed E-state index contributed by atoms with van der Waals surface area (Å²) in [6, 6.07) is 3.48. The lowest BCUT2D eigenvalue weighted by atomic mass is 10.1. The highest BCUT2D eigenvalue weighted by molar-refractivity contribution is 6.35. The van der Waals surface area contributed by atoms with Crippen LogP contribution in [0, 0.1) is 0 Å². The normalized spacial score (nSPS) is 13.7. The highest BCUT2D eigenvalue weighted by Gasteiger charge is 2.18. The molecule has 0 bridgehead atoms. The second-order valence-corrected chi connectivity index (χ2v) is 4.97. The number of hydrogen-bond acceptors (Lipinski definition) is 3. The minimum absolute atomic E-state index is 0.182. The van der Waals surface area contributed by atoms with Crippen molar-refractivity contribution in [2.24, 2.45) is 5.73 Å². The van der Waals surface area contributed by atoms with Crippen molar-refractivity contribution in [2.45, 2.75) is 25.9 Å². The molecule has 3 amide bonds. The van der Waals surface area contributed by atoms with Crippen molar-refractivity contribution in [3.8, 4) is 0 Å². The molecule has 1 aromatic rings. The van der Waals surface area contributed by atoms with Gasteiger partial charge in [-0.3, -0.25) is 15.4 Å². The molecule has 0 saturated heterocycles. The molecule has 4 N–H and O–H groups in total. The minimum Gasteiger partial charge on any atom is -0.351 e. The van der Waals surface area contributed by atoms with E-state index in [9.17, 15) is 9.59 Å². The quantitative estimate of drug-likeness (QED) is 0.797. The summed E-state index contributed by atoms with van der Waals surface area (Å²) in [7, 11) is 0. The van der Waals surface area contributed by atoms with E-state index >= 15 is 0 Å². The van der Waals surface area contributed by atoms with Crippen LogP contribution in [0.15, 0.2) is 18.2 Å². The summed E-state index contributed by atoms with van der Waals surface area (Å²) in [5.74, 6) is -0.496. The lowest BCUT2D eigenvalue weighted by Crippen LogP contribution is -2.47. The Bertz CT molecular complexity index is 494. The van der Waals surface area contributed by atoms with E-state index in [-0.39, 0.29) is 6.04 Å². The maximum Gasteiger partial charge on any atom is 0.318 e. The van der Waals surface area contributed by atoms with E-state index in [0.29, 0.717) is 10.0 Å². The van der Waals surface area contributed by atoms with Crippen molar-refractivity contribution in [3.63, 3.8) is 0 Å². The summed E-state index contributed by atoms with van der Waals surface area (Å²) in [6.07, 6.45) is 0. The Labute approximate surface area is 121 Å². The largest absolute Gasteiger partial charge is 0.351 e. The van der Waals surface area contributed by atoms with Crippen LogP contribution in [-0.2, 0) is 4.79 Å². The lowest BCUT2D eigenvalue weighted by Gasteiger charge is -2.20. The number of hydrogen-bond donors (Lipinski definition) is 3. The molecule has 19 heavy (non-hydrogen) atoms. The third-order valence-corrected chi connectivity index (χ3v) is 3.13. The van der Waals surface area contributed by atoms with Gasteiger partial charge in [-0.15, -0.1) is 0 Å². The van der Waals surface area contributed by atoms with Crippen LogP contribution in [0.1, 0.15) is 25.5 Å². The SMILES string of the molecule is C[C@H](N[C@@H](C)c1ccc(Cl)cc1Cl)C(=O)NC(N)=O. The highest BCUT2D eigenvalue weighted by Crippen LogP contribution is 2.26. The molecule has 104 valence electrons. The van der Waals surface area contributed by atoms with Crippen molar-refractivity contribution in [1.29, 1.82) is 0 Å². The van der Waals surface area contributed by atoms with Crippen LogP contribution in [0.5, 0.6) is 0 Å². The molecule has 0 spiro atoms. The van der Waals surface area contributed by atoms with Gasteiger partial charge in [0.25, 0.3) is 0 Å². The number of carbonyl (C=O) groups is 2. The summed E-state index contributed by atoms with van der Waals surface area (Å²) >= 11 is 11.9. The van der Waals surface area contributed by atoms with Gasteiger partial charge >= 0.3 is 6.03 Å². The molecule has 7 heteroatoms. The molecule has 5 nitrogen and oxygen atoms in total. The fraction of sp³-hybridized carbons (Fsp3) is 0.333. The van der Waals surface area contributed by atoms with Crippen LogP contribution in [-0.4, -0.2) is 18.0 Å². The van der Waals surface area contributed by atoms with Gasteiger partial charge in [-0.1, -0.05) is 29.3 Å². The van der Waals surface area contributed by atoms with Gasteiger partial charge in [-0.25, -0.2) is 4.79 Å². The van der Waals surface area contributed by atoms with Crippen LogP contribution in [0.4, 0.5) is 4.79 Å². The Kier molecular flexibility index (Phi) is 5.60. The summed E-state index contributed by atoms with van der Waals surface area (Å²) in [6.45, 7) is 3.47. The Balaban J connectivity index is 2.71. The van der Waals surface area contributed by atoms with Gasteiger partial charge in [-0.2, -0.15) is 0 Å². The van der Waals surface area contributed by atoms with Crippen LogP contribution in [0.25, 0.3) is 0 Å². The number of nitrogens with one attached hydrogen (secondary N) is 2. The van der Waals surface area contributed by atoms with Crippen molar-refractivity contribution in [2.75, 3.05) is 0 Å². The number of halogens is 2. The zero-order valence-electron chi connectivity index (χ0n) is 10.5. The fourth-order valence-corrected chi connectivity index (χ4v) is 2.19. The molecule has 0 aliphatic rings. The molecule has 0 aliphatic heterocycles. The first-order valence-electron chi connectivity index (χ1n) is 5.62. The van der Waals surface area contributed by atoms with Crippen molar-refractivity contribution < 1.29 is 9.59 Å². The molecule has 0 heterocycles. The average Bonchev–Trinajstić information content (AvgIpc) is 2.27. The van der Waals surface area contributed by atoms with Crippen molar-refractivity contribution in [1.82, 2.24) is 10.6 Å². The van der Waals surface area contributed by atoms with Crippen LogP contribution in [0.2, 0.25) is 10.0 Å². The number of benzene rings is 1.